The lowest BCUT2D eigenvalue weighted by Gasteiger charge is -2.09. The summed E-state index contributed by atoms with van der Waals surface area (Å²) in [5, 5.41) is 0.0533. The molecule has 0 saturated heterocycles. The minimum absolute atomic E-state index is 0.00235. The molecule has 3 nitrogen and oxygen atoms in total. The molecule has 0 aliphatic heterocycles. The maximum absolute atomic E-state index is 13.7. The highest BCUT2D eigenvalue weighted by Gasteiger charge is 2.22. The second-order valence-electron chi connectivity index (χ2n) is 4.15. The van der Waals surface area contributed by atoms with Gasteiger partial charge in [0.1, 0.15) is 5.82 Å². The van der Waals surface area contributed by atoms with Crippen molar-refractivity contribution in [3.05, 3.63) is 57.8 Å². The summed E-state index contributed by atoms with van der Waals surface area (Å²) in [4.78, 5) is -0.104. The quantitative estimate of drug-likeness (QED) is 0.871. The number of nitrogen functional groups attached to an aromatic ring is 1. The second kappa shape index (κ2) is 5.60. The van der Waals surface area contributed by atoms with E-state index in [4.69, 9.17) is 28.9 Å². The van der Waals surface area contributed by atoms with Crippen molar-refractivity contribution in [1.29, 1.82) is 0 Å². The third-order valence-electron chi connectivity index (χ3n) is 2.69. The summed E-state index contributed by atoms with van der Waals surface area (Å²) in [7, 11) is -3.82. The first-order valence-electron chi connectivity index (χ1n) is 5.52. The highest BCUT2D eigenvalue weighted by Crippen LogP contribution is 2.29. The van der Waals surface area contributed by atoms with Crippen molar-refractivity contribution in [2.24, 2.45) is 0 Å². The largest absolute Gasteiger partial charge is 0.399 e. The normalized spacial score (nSPS) is 11.6. The summed E-state index contributed by atoms with van der Waals surface area (Å²) < 4.78 is 38.2. The zero-order chi connectivity index (χ0) is 14.9. The number of nitrogens with two attached hydrogens (primary N) is 1. The molecular formula is C13H10Cl2FNO2S. The van der Waals surface area contributed by atoms with Crippen molar-refractivity contribution >= 4 is 38.7 Å². The van der Waals surface area contributed by atoms with Gasteiger partial charge >= 0.3 is 0 Å². The SMILES string of the molecule is Nc1ccc(S(=O)(=O)Cc2c(F)cccc2Cl)c(Cl)c1. The van der Waals surface area contributed by atoms with E-state index in [0.717, 1.165) is 6.07 Å². The number of benzene rings is 2. The van der Waals surface area contributed by atoms with Gasteiger partial charge in [0.15, 0.2) is 9.84 Å². The topological polar surface area (TPSA) is 60.2 Å². The van der Waals surface area contributed by atoms with E-state index in [0.29, 0.717) is 5.69 Å². The van der Waals surface area contributed by atoms with Crippen LogP contribution in [0.25, 0.3) is 0 Å². The molecule has 0 heterocycles. The summed E-state index contributed by atoms with van der Waals surface area (Å²) >= 11 is 11.7. The van der Waals surface area contributed by atoms with Crippen molar-refractivity contribution in [2.45, 2.75) is 10.6 Å². The number of hydrogen-bond donors (Lipinski definition) is 1. The van der Waals surface area contributed by atoms with Crippen molar-refractivity contribution in [2.75, 3.05) is 5.73 Å². The zero-order valence-electron chi connectivity index (χ0n) is 10.1. The van der Waals surface area contributed by atoms with Crippen LogP contribution >= 0.6 is 23.2 Å². The summed E-state index contributed by atoms with van der Waals surface area (Å²) in [6, 6.07) is 8.03. The van der Waals surface area contributed by atoms with Gasteiger partial charge in [-0.15, -0.1) is 0 Å². The molecule has 2 aromatic rings. The van der Waals surface area contributed by atoms with E-state index in [-0.39, 0.29) is 20.5 Å². The molecule has 2 rings (SSSR count). The van der Waals surface area contributed by atoms with Gasteiger partial charge in [-0.05, 0) is 30.3 Å². The van der Waals surface area contributed by atoms with Crippen LogP contribution in [0.3, 0.4) is 0 Å². The molecule has 0 aliphatic carbocycles. The van der Waals surface area contributed by atoms with Gasteiger partial charge in [-0.1, -0.05) is 29.3 Å². The van der Waals surface area contributed by atoms with Gasteiger partial charge in [0.25, 0.3) is 0 Å². The van der Waals surface area contributed by atoms with Crippen LogP contribution in [-0.4, -0.2) is 8.42 Å². The van der Waals surface area contributed by atoms with Crippen LogP contribution in [0.5, 0.6) is 0 Å². The van der Waals surface area contributed by atoms with E-state index < -0.39 is 21.4 Å². The van der Waals surface area contributed by atoms with Crippen LogP contribution in [0.1, 0.15) is 5.56 Å². The van der Waals surface area contributed by atoms with E-state index in [9.17, 15) is 12.8 Å². The van der Waals surface area contributed by atoms with Crippen LogP contribution in [0.15, 0.2) is 41.3 Å². The van der Waals surface area contributed by atoms with Crippen molar-refractivity contribution in [1.82, 2.24) is 0 Å². The Hall–Kier alpha value is -1.30. The van der Waals surface area contributed by atoms with E-state index in [1.54, 1.807) is 0 Å². The lowest BCUT2D eigenvalue weighted by Crippen LogP contribution is -2.08. The molecule has 0 aliphatic rings. The third kappa shape index (κ3) is 3.06. The molecule has 0 spiro atoms. The summed E-state index contributed by atoms with van der Waals surface area (Å²) in [5.41, 5.74) is 5.78. The molecule has 0 radical (unpaired) electrons. The Bertz CT molecular complexity index is 743. The van der Waals surface area contributed by atoms with Gasteiger partial charge < -0.3 is 5.73 Å². The lowest BCUT2D eigenvalue weighted by atomic mass is 10.2. The number of hydrogen-bond acceptors (Lipinski definition) is 3. The monoisotopic (exact) mass is 333 g/mol. The van der Waals surface area contributed by atoms with E-state index in [1.165, 1.54) is 30.3 Å². The van der Waals surface area contributed by atoms with Crippen molar-refractivity contribution in [3.63, 3.8) is 0 Å². The standard InChI is InChI=1S/C13H10Cl2FNO2S/c14-10-2-1-3-12(16)9(10)7-20(18,19)13-5-4-8(17)6-11(13)15/h1-6H,7,17H2. The van der Waals surface area contributed by atoms with Crippen LogP contribution < -0.4 is 5.73 Å². The van der Waals surface area contributed by atoms with Crippen molar-refractivity contribution in [3.8, 4) is 0 Å². The van der Waals surface area contributed by atoms with Crippen LogP contribution in [0, 0.1) is 5.82 Å². The number of halogens is 3. The predicted molar refractivity (Wildman–Crippen MR) is 78.2 cm³/mol. The third-order valence-corrected chi connectivity index (χ3v) is 5.16. The Labute approximate surface area is 126 Å². The molecule has 0 aromatic heterocycles. The molecule has 2 aromatic carbocycles. The first-order valence-corrected chi connectivity index (χ1v) is 7.93. The fraction of sp³-hybridized carbons (Fsp3) is 0.0769. The number of sulfone groups is 1. The number of anilines is 1. The molecule has 7 heteroatoms. The van der Waals surface area contributed by atoms with Crippen molar-refractivity contribution < 1.29 is 12.8 Å². The first kappa shape index (κ1) is 15.1. The average Bonchev–Trinajstić information content (AvgIpc) is 2.33. The molecule has 0 fully saturated rings. The highest BCUT2D eigenvalue weighted by molar-refractivity contribution is 7.90. The van der Waals surface area contributed by atoms with Gasteiger partial charge in [-0.3, -0.25) is 0 Å². The Morgan fingerprint density at radius 2 is 1.80 bits per heavy atom. The first-order chi connectivity index (χ1) is 9.31. The van der Waals surface area contributed by atoms with Crippen LogP contribution in [0.2, 0.25) is 10.0 Å². The van der Waals surface area contributed by atoms with Gasteiger partial charge in [0.2, 0.25) is 0 Å². The maximum atomic E-state index is 13.7. The smallest absolute Gasteiger partial charge is 0.184 e. The zero-order valence-corrected chi connectivity index (χ0v) is 12.4. The van der Waals surface area contributed by atoms with Gasteiger partial charge in [0.05, 0.1) is 15.7 Å². The van der Waals surface area contributed by atoms with Gasteiger partial charge in [-0.25, -0.2) is 12.8 Å². The molecule has 0 unspecified atom stereocenters. The summed E-state index contributed by atoms with van der Waals surface area (Å²) in [5.74, 6) is -1.24. The Balaban J connectivity index is 2.46. The highest BCUT2D eigenvalue weighted by atomic mass is 35.5. The molecule has 106 valence electrons. The Morgan fingerprint density at radius 1 is 1.10 bits per heavy atom. The molecule has 0 amide bonds. The summed E-state index contributed by atoms with van der Waals surface area (Å²) in [6.07, 6.45) is 0. The van der Waals surface area contributed by atoms with E-state index >= 15 is 0 Å². The van der Waals surface area contributed by atoms with E-state index in [1.807, 2.05) is 0 Å². The predicted octanol–water partition coefficient (Wildman–Crippen LogP) is 3.69. The maximum Gasteiger partial charge on any atom is 0.184 e. The number of rotatable bonds is 3. The van der Waals surface area contributed by atoms with Gasteiger partial charge in [-0.2, -0.15) is 0 Å². The minimum Gasteiger partial charge on any atom is -0.399 e. The average molecular weight is 334 g/mol. The molecule has 20 heavy (non-hydrogen) atoms. The van der Waals surface area contributed by atoms with Gasteiger partial charge in [0, 0.05) is 16.3 Å². The molecular weight excluding hydrogens is 324 g/mol. The molecule has 0 atom stereocenters. The fourth-order valence-corrected chi connectivity index (χ4v) is 4.02. The molecule has 2 N–H and O–H groups in total. The Morgan fingerprint density at radius 3 is 2.40 bits per heavy atom. The van der Waals surface area contributed by atoms with Crippen LogP contribution in [0.4, 0.5) is 10.1 Å². The lowest BCUT2D eigenvalue weighted by molar-refractivity contribution is 0.587. The molecule has 0 bridgehead atoms. The van der Waals surface area contributed by atoms with Crippen LogP contribution in [-0.2, 0) is 15.6 Å². The molecule has 0 saturated carbocycles. The summed E-state index contributed by atoms with van der Waals surface area (Å²) in [6.45, 7) is 0. The fourth-order valence-electron chi connectivity index (χ4n) is 1.71. The minimum atomic E-state index is -3.82. The second-order valence-corrected chi connectivity index (χ2v) is 6.92. The Kier molecular flexibility index (Phi) is 4.22. The van der Waals surface area contributed by atoms with E-state index in [2.05, 4.69) is 0 Å².